The van der Waals surface area contributed by atoms with E-state index in [1.54, 1.807) is 26.1 Å². The van der Waals surface area contributed by atoms with Gasteiger partial charge >= 0.3 is 11.9 Å². The zero-order chi connectivity index (χ0) is 22.1. The Kier molecular flexibility index (Phi) is 8.41. The second kappa shape index (κ2) is 11.0. The molecule has 2 atom stereocenters. The highest BCUT2D eigenvalue weighted by Crippen LogP contribution is 2.28. The third kappa shape index (κ3) is 5.83. The lowest BCUT2D eigenvalue weighted by atomic mass is 9.83. The summed E-state index contributed by atoms with van der Waals surface area (Å²) in [4.78, 5) is 36.8. The number of aliphatic hydroxyl groups is 1. The third-order valence-corrected chi connectivity index (χ3v) is 4.71. The van der Waals surface area contributed by atoms with E-state index in [1.165, 1.54) is 6.08 Å². The van der Waals surface area contributed by atoms with Gasteiger partial charge in [-0.25, -0.2) is 9.59 Å². The molecule has 0 radical (unpaired) electrons. The van der Waals surface area contributed by atoms with Crippen molar-refractivity contribution in [3.05, 3.63) is 71.2 Å². The van der Waals surface area contributed by atoms with Crippen LogP contribution in [0.4, 0.5) is 0 Å². The molecule has 0 aromatic heterocycles. The number of hydrogen-bond acceptors (Lipinski definition) is 7. The quantitative estimate of drug-likeness (QED) is 0.292. The Morgan fingerprint density at radius 1 is 1.07 bits per heavy atom. The number of ketones is 1. The zero-order valence-corrected chi connectivity index (χ0v) is 17.4. The maximum Gasteiger partial charge on any atom is 0.379 e. The normalized spacial score (nSPS) is 20.2. The number of allylic oxidation sites excluding steroid dienone is 1. The Bertz CT molecular complexity index is 869. The molecule has 7 nitrogen and oxygen atoms in total. The Labute approximate surface area is 176 Å². The molecule has 0 bridgehead atoms. The molecule has 0 saturated heterocycles. The van der Waals surface area contributed by atoms with Gasteiger partial charge in [-0.2, -0.15) is 0 Å². The molecule has 0 amide bonds. The van der Waals surface area contributed by atoms with Gasteiger partial charge in [0.1, 0.15) is 0 Å². The summed E-state index contributed by atoms with van der Waals surface area (Å²) in [5.74, 6) is -3.26. The molecule has 1 aromatic rings. The molecule has 30 heavy (non-hydrogen) atoms. The van der Waals surface area contributed by atoms with Crippen molar-refractivity contribution in [3.8, 4) is 0 Å². The lowest BCUT2D eigenvalue weighted by molar-refractivity contribution is -0.151. The first-order valence-corrected chi connectivity index (χ1v) is 9.87. The molecule has 0 spiro atoms. The molecule has 1 aliphatic heterocycles. The van der Waals surface area contributed by atoms with Crippen molar-refractivity contribution in [1.82, 2.24) is 5.32 Å². The van der Waals surface area contributed by atoms with Gasteiger partial charge in [0.2, 0.25) is 0 Å². The summed E-state index contributed by atoms with van der Waals surface area (Å²) in [5, 5.41) is 13.1. The number of carbonyl (C=O) groups excluding carboxylic acids is 3. The first-order chi connectivity index (χ1) is 14.4. The first-order valence-electron chi connectivity index (χ1n) is 9.87. The number of nitrogens with one attached hydrogen (secondary N) is 1. The highest BCUT2D eigenvalue weighted by molar-refractivity contribution is 6.40. The lowest BCUT2D eigenvalue weighted by Crippen LogP contribution is -2.36. The Hall–Kier alpha value is -3.35. The highest BCUT2D eigenvalue weighted by atomic mass is 16.5. The topological polar surface area (TPSA) is 102 Å². The minimum Gasteiger partial charge on any atom is -0.502 e. The number of aliphatic hydroxyl groups excluding tert-OH is 1. The maximum absolute atomic E-state index is 12.9. The van der Waals surface area contributed by atoms with Crippen molar-refractivity contribution in [2.75, 3.05) is 13.2 Å². The van der Waals surface area contributed by atoms with Gasteiger partial charge < -0.3 is 19.9 Å². The third-order valence-electron chi connectivity index (χ3n) is 4.71. The standard InChI is InChI=1S/C23H27NO6/c1-4-29-22(27)20(25)14-19-15(3)17(11-12-24-19)18(21(26)23(28)30-5-2)13-16-9-7-6-8-10-16/h6-12,14-15,19,24-25H,4-5,13H2,1-3H3/b18-17?,20-14-. The van der Waals surface area contributed by atoms with Crippen LogP contribution in [0.5, 0.6) is 0 Å². The fourth-order valence-corrected chi connectivity index (χ4v) is 3.18. The van der Waals surface area contributed by atoms with Crippen LogP contribution in [0.3, 0.4) is 0 Å². The van der Waals surface area contributed by atoms with Gasteiger partial charge in [0.15, 0.2) is 5.76 Å². The van der Waals surface area contributed by atoms with Crippen LogP contribution in [0.1, 0.15) is 26.3 Å². The van der Waals surface area contributed by atoms with Gasteiger partial charge in [-0.15, -0.1) is 0 Å². The summed E-state index contributed by atoms with van der Waals surface area (Å²) in [6, 6.07) is 8.86. The summed E-state index contributed by atoms with van der Waals surface area (Å²) in [6.45, 7) is 5.37. The summed E-state index contributed by atoms with van der Waals surface area (Å²) in [6.07, 6.45) is 4.95. The molecular weight excluding hydrogens is 386 g/mol. The molecule has 2 rings (SSSR count). The molecule has 0 saturated carbocycles. The number of Topliss-reactive ketones (excluding diaryl/α,β-unsaturated/α-hetero) is 1. The predicted octanol–water partition coefficient (Wildman–Crippen LogP) is 2.78. The van der Waals surface area contributed by atoms with Crippen molar-refractivity contribution in [2.24, 2.45) is 5.92 Å². The van der Waals surface area contributed by atoms with E-state index in [0.717, 1.165) is 5.56 Å². The van der Waals surface area contributed by atoms with E-state index >= 15 is 0 Å². The van der Waals surface area contributed by atoms with Crippen LogP contribution in [0, 0.1) is 5.92 Å². The first kappa shape index (κ1) is 22.9. The molecule has 7 heteroatoms. The highest BCUT2D eigenvalue weighted by Gasteiger charge is 2.30. The number of benzene rings is 1. The van der Waals surface area contributed by atoms with Gasteiger partial charge in [-0.05, 0) is 43.3 Å². The van der Waals surface area contributed by atoms with Crippen LogP contribution in [0.2, 0.25) is 0 Å². The lowest BCUT2D eigenvalue weighted by Gasteiger charge is -2.29. The molecule has 2 unspecified atom stereocenters. The van der Waals surface area contributed by atoms with Crippen molar-refractivity contribution in [2.45, 2.75) is 33.2 Å². The summed E-state index contributed by atoms with van der Waals surface area (Å²) in [7, 11) is 0. The second-order valence-corrected chi connectivity index (χ2v) is 6.73. The van der Waals surface area contributed by atoms with Crippen LogP contribution in [-0.2, 0) is 30.3 Å². The van der Waals surface area contributed by atoms with Gasteiger partial charge in [0.05, 0.1) is 19.3 Å². The van der Waals surface area contributed by atoms with E-state index in [0.29, 0.717) is 11.1 Å². The molecule has 1 aliphatic rings. The van der Waals surface area contributed by atoms with Crippen LogP contribution < -0.4 is 5.32 Å². The van der Waals surface area contributed by atoms with Gasteiger partial charge in [0, 0.05) is 17.9 Å². The molecular formula is C23H27NO6. The van der Waals surface area contributed by atoms with Crippen LogP contribution in [-0.4, -0.2) is 42.1 Å². The smallest absolute Gasteiger partial charge is 0.379 e. The second-order valence-electron chi connectivity index (χ2n) is 6.73. The van der Waals surface area contributed by atoms with Gasteiger partial charge in [-0.1, -0.05) is 37.3 Å². The van der Waals surface area contributed by atoms with Crippen molar-refractivity contribution in [1.29, 1.82) is 0 Å². The monoisotopic (exact) mass is 413 g/mol. The molecule has 1 heterocycles. The Balaban J connectivity index is 2.43. The Morgan fingerprint density at radius 3 is 2.33 bits per heavy atom. The van der Waals surface area contributed by atoms with E-state index < -0.39 is 29.5 Å². The largest absolute Gasteiger partial charge is 0.502 e. The molecule has 0 aliphatic carbocycles. The van der Waals surface area contributed by atoms with Crippen LogP contribution in [0.15, 0.2) is 65.6 Å². The fraction of sp³-hybridized carbons (Fsp3) is 0.348. The van der Waals surface area contributed by atoms with Crippen LogP contribution in [0.25, 0.3) is 0 Å². The average molecular weight is 413 g/mol. The number of hydrogen-bond donors (Lipinski definition) is 2. The minimum atomic E-state index is -0.906. The van der Waals surface area contributed by atoms with E-state index in [-0.39, 0.29) is 25.6 Å². The van der Waals surface area contributed by atoms with Crippen molar-refractivity contribution >= 4 is 17.7 Å². The number of esters is 2. The number of carbonyl (C=O) groups is 3. The average Bonchev–Trinajstić information content (AvgIpc) is 2.74. The number of rotatable bonds is 8. The van der Waals surface area contributed by atoms with Crippen molar-refractivity contribution < 1.29 is 29.0 Å². The maximum atomic E-state index is 12.9. The predicted molar refractivity (Wildman–Crippen MR) is 111 cm³/mol. The molecule has 160 valence electrons. The Morgan fingerprint density at radius 2 is 1.70 bits per heavy atom. The van der Waals surface area contributed by atoms with E-state index in [1.807, 2.05) is 37.3 Å². The fourth-order valence-electron chi connectivity index (χ4n) is 3.18. The van der Waals surface area contributed by atoms with Crippen LogP contribution >= 0.6 is 0 Å². The van der Waals surface area contributed by atoms with Gasteiger partial charge in [-0.3, -0.25) is 4.79 Å². The van der Waals surface area contributed by atoms with Crippen molar-refractivity contribution in [3.63, 3.8) is 0 Å². The summed E-state index contributed by atoms with van der Waals surface area (Å²) in [5.41, 5.74) is 1.82. The number of ether oxygens (including phenoxy) is 2. The molecule has 1 aromatic carbocycles. The summed E-state index contributed by atoms with van der Waals surface area (Å²) >= 11 is 0. The van der Waals surface area contributed by atoms with Gasteiger partial charge in [0.25, 0.3) is 5.78 Å². The molecule has 2 N–H and O–H groups in total. The van der Waals surface area contributed by atoms with E-state index in [4.69, 9.17) is 9.47 Å². The summed E-state index contributed by atoms with van der Waals surface area (Å²) < 4.78 is 9.72. The minimum absolute atomic E-state index is 0.101. The van der Waals surface area contributed by atoms with E-state index in [9.17, 15) is 19.5 Å². The SMILES string of the molecule is CCOC(=O)C(=O)C(Cc1ccccc1)=C1C=CNC(/C=C(\O)C(=O)OCC)C1C. The van der Waals surface area contributed by atoms with E-state index in [2.05, 4.69) is 5.32 Å². The zero-order valence-electron chi connectivity index (χ0n) is 17.4. The molecule has 0 fully saturated rings.